The molecule has 24 heavy (non-hydrogen) atoms. The van der Waals surface area contributed by atoms with Crippen LogP contribution < -0.4 is 10.2 Å². The van der Waals surface area contributed by atoms with Gasteiger partial charge in [-0.2, -0.15) is 0 Å². The number of hydrogen-bond donors (Lipinski definition) is 1. The Bertz CT molecular complexity index is 794. The zero-order valence-electron chi connectivity index (χ0n) is 14.3. The highest BCUT2D eigenvalue weighted by Crippen LogP contribution is 2.17. The minimum atomic E-state index is -0.820. The molecule has 0 spiro atoms. The van der Waals surface area contributed by atoms with Crippen LogP contribution in [0.1, 0.15) is 12.5 Å². The number of urea groups is 1. The van der Waals surface area contributed by atoms with E-state index in [1.807, 2.05) is 91.0 Å². The smallest absolute Gasteiger partial charge is 0.322 e. The standard InChI is InChI=1S/C21H20N2O/c24-21(22-16-18-10-4-1-5-11-18)23(20-14-8-3-9-15-20)17-19-12-6-2-7-13-19/h1-15H,16-17H2,(H,22,24)/i17D. The summed E-state index contributed by atoms with van der Waals surface area (Å²) < 4.78 is 8.59. The van der Waals surface area contributed by atoms with Gasteiger partial charge in [0.2, 0.25) is 0 Å². The van der Waals surface area contributed by atoms with E-state index in [-0.39, 0.29) is 6.03 Å². The zero-order chi connectivity index (χ0) is 17.5. The number of rotatable bonds is 5. The van der Waals surface area contributed by atoms with Gasteiger partial charge in [-0.1, -0.05) is 78.9 Å². The number of amides is 2. The van der Waals surface area contributed by atoms with Crippen molar-refractivity contribution in [2.24, 2.45) is 0 Å². The molecule has 0 aliphatic carbocycles. The van der Waals surface area contributed by atoms with Crippen molar-refractivity contribution in [3.05, 3.63) is 102 Å². The molecule has 1 unspecified atom stereocenters. The molecular weight excluding hydrogens is 296 g/mol. The van der Waals surface area contributed by atoms with Crippen molar-refractivity contribution in [1.82, 2.24) is 5.32 Å². The third-order valence-electron chi connectivity index (χ3n) is 3.62. The summed E-state index contributed by atoms with van der Waals surface area (Å²) in [6.45, 7) is -0.399. The summed E-state index contributed by atoms with van der Waals surface area (Å²) in [6.07, 6.45) is 0. The van der Waals surface area contributed by atoms with Crippen molar-refractivity contribution >= 4 is 11.7 Å². The highest BCUT2D eigenvalue weighted by Gasteiger charge is 2.15. The lowest BCUT2D eigenvalue weighted by Crippen LogP contribution is -2.39. The fourth-order valence-corrected chi connectivity index (χ4v) is 2.39. The first-order valence-corrected chi connectivity index (χ1v) is 7.89. The van der Waals surface area contributed by atoms with Gasteiger partial charge in [0.25, 0.3) is 0 Å². The van der Waals surface area contributed by atoms with E-state index in [0.29, 0.717) is 12.2 Å². The van der Waals surface area contributed by atoms with Crippen LogP contribution in [0.25, 0.3) is 0 Å². The molecular formula is C21H20N2O. The van der Waals surface area contributed by atoms with Gasteiger partial charge in [-0.3, -0.25) is 4.90 Å². The van der Waals surface area contributed by atoms with Crippen LogP contribution in [0.4, 0.5) is 10.5 Å². The topological polar surface area (TPSA) is 32.3 Å². The van der Waals surface area contributed by atoms with Gasteiger partial charge in [-0.15, -0.1) is 0 Å². The Labute approximate surface area is 144 Å². The molecule has 0 radical (unpaired) electrons. The summed E-state index contributed by atoms with van der Waals surface area (Å²) in [5.74, 6) is 0. The maximum absolute atomic E-state index is 12.8. The Morgan fingerprint density at radius 3 is 1.88 bits per heavy atom. The van der Waals surface area contributed by atoms with Gasteiger partial charge in [-0.05, 0) is 23.3 Å². The number of carbonyl (C=O) groups excluding carboxylic acids is 1. The molecule has 3 aromatic carbocycles. The summed E-state index contributed by atoms with van der Waals surface area (Å²) in [6, 6.07) is 28.1. The van der Waals surface area contributed by atoms with Gasteiger partial charge < -0.3 is 5.32 Å². The minimum absolute atomic E-state index is 0.293. The van der Waals surface area contributed by atoms with Crippen LogP contribution in [0.5, 0.6) is 0 Å². The van der Waals surface area contributed by atoms with Gasteiger partial charge in [0, 0.05) is 12.2 Å². The number of carbonyl (C=O) groups is 1. The lowest BCUT2D eigenvalue weighted by molar-refractivity contribution is 0.245. The predicted molar refractivity (Wildman–Crippen MR) is 97.7 cm³/mol. The molecule has 0 saturated carbocycles. The van der Waals surface area contributed by atoms with Crippen LogP contribution in [-0.4, -0.2) is 6.03 Å². The SMILES string of the molecule is [2H]C(c1ccccc1)N(C(=O)NCc1ccccc1)c1ccccc1. The first-order valence-electron chi connectivity index (χ1n) is 8.46. The number of benzene rings is 3. The van der Waals surface area contributed by atoms with Crippen LogP contribution in [0.3, 0.4) is 0 Å². The van der Waals surface area contributed by atoms with E-state index >= 15 is 0 Å². The molecule has 0 heterocycles. The number of nitrogens with one attached hydrogen (secondary N) is 1. The summed E-state index contributed by atoms with van der Waals surface area (Å²) >= 11 is 0. The van der Waals surface area contributed by atoms with Crippen LogP contribution in [0.15, 0.2) is 91.0 Å². The molecule has 2 amide bonds. The average Bonchev–Trinajstić information content (AvgIpc) is 2.69. The number of nitrogens with zero attached hydrogens (tertiary/aromatic N) is 1. The van der Waals surface area contributed by atoms with Crippen LogP contribution in [-0.2, 0) is 13.1 Å². The molecule has 3 nitrogen and oxygen atoms in total. The molecule has 1 N–H and O–H groups in total. The molecule has 0 aromatic heterocycles. The van der Waals surface area contributed by atoms with E-state index in [4.69, 9.17) is 1.37 Å². The van der Waals surface area contributed by atoms with Gasteiger partial charge in [0.05, 0.1) is 7.89 Å². The van der Waals surface area contributed by atoms with E-state index in [2.05, 4.69) is 5.32 Å². The molecule has 3 heteroatoms. The number of hydrogen-bond acceptors (Lipinski definition) is 1. The van der Waals surface area contributed by atoms with Gasteiger partial charge >= 0.3 is 6.03 Å². The average molecular weight is 317 g/mol. The Balaban J connectivity index is 1.82. The third kappa shape index (κ3) is 4.23. The summed E-state index contributed by atoms with van der Waals surface area (Å²) in [5.41, 5.74) is 2.48. The van der Waals surface area contributed by atoms with Crippen molar-refractivity contribution in [2.75, 3.05) is 4.90 Å². The normalized spacial score (nSPS) is 12.1. The Hall–Kier alpha value is -3.07. The Morgan fingerprint density at radius 2 is 1.29 bits per heavy atom. The van der Waals surface area contributed by atoms with E-state index in [1.165, 1.54) is 4.90 Å². The highest BCUT2D eigenvalue weighted by atomic mass is 16.2. The van der Waals surface area contributed by atoms with Crippen LogP contribution in [0.2, 0.25) is 0 Å². The Morgan fingerprint density at radius 1 is 0.792 bits per heavy atom. The minimum Gasteiger partial charge on any atom is -0.334 e. The summed E-state index contributed by atoms with van der Waals surface area (Å²) in [5, 5.41) is 2.92. The molecule has 1 atom stereocenters. The maximum atomic E-state index is 12.8. The Kier molecular flexibility index (Phi) is 4.82. The fraction of sp³-hybridized carbons (Fsp3) is 0.0952. The van der Waals surface area contributed by atoms with Gasteiger partial charge in [0.15, 0.2) is 0 Å². The second kappa shape index (κ2) is 7.97. The summed E-state index contributed by atoms with van der Waals surface area (Å²) in [4.78, 5) is 14.3. The van der Waals surface area contributed by atoms with Crippen molar-refractivity contribution < 1.29 is 6.17 Å². The third-order valence-corrected chi connectivity index (χ3v) is 3.62. The number of anilines is 1. The summed E-state index contributed by atoms with van der Waals surface area (Å²) in [7, 11) is 0. The molecule has 120 valence electrons. The van der Waals surface area contributed by atoms with E-state index in [1.54, 1.807) is 0 Å². The van der Waals surface area contributed by atoms with Gasteiger partial charge in [0.1, 0.15) is 0 Å². The maximum Gasteiger partial charge on any atom is 0.322 e. The van der Waals surface area contributed by atoms with E-state index in [9.17, 15) is 4.79 Å². The lowest BCUT2D eigenvalue weighted by atomic mass is 10.2. The van der Waals surface area contributed by atoms with Crippen molar-refractivity contribution in [3.63, 3.8) is 0 Å². The fourth-order valence-electron chi connectivity index (χ4n) is 2.39. The van der Waals surface area contributed by atoms with E-state index < -0.39 is 6.52 Å². The molecule has 0 aliphatic rings. The molecule has 0 bridgehead atoms. The molecule has 3 rings (SSSR count). The molecule has 0 fully saturated rings. The first kappa shape index (κ1) is 14.5. The van der Waals surface area contributed by atoms with Crippen LogP contribution in [0, 0.1) is 0 Å². The molecule has 3 aromatic rings. The van der Waals surface area contributed by atoms with Crippen molar-refractivity contribution in [3.8, 4) is 0 Å². The zero-order valence-corrected chi connectivity index (χ0v) is 13.3. The highest BCUT2D eigenvalue weighted by molar-refractivity contribution is 5.91. The first-order chi connectivity index (χ1) is 12.3. The quantitative estimate of drug-likeness (QED) is 0.732. The van der Waals surface area contributed by atoms with E-state index in [0.717, 1.165) is 11.1 Å². The van der Waals surface area contributed by atoms with Gasteiger partial charge in [-0.25, -0.2) is 4.79 Å². The second-order valence-electron chi connectivity index (χ2n) is 5.39. The monoisotopic (exact) mass is 317 g/mol. The van der Waals surface area contributed by atoms with Crippen molar-refractivity contribution in [1.29, 1.82) is 0 Å². The second-order valence-corrected chi connectivity index (χ2v) is 5.39. The largest absolute Gasteiger partial charge is 0.334 e. The molecule has 0 aliphatic heterocycles. The predicted octanol–water partition coefficient (Wildman–Crippen LogP) is 4.60. The number of para-hydroxylation sites is 1. The van der Waals surface area contributed by atoms with Crippen molar-refractivity contribution in [2.45, 2.75) is 13.1 Å². The van der Waals surface area contributed by atoms with Crippen LogP contribution >= 0.6 is 0 Å². The molecule has 0 saturated heterocycles. The lowest BCUT2D eigenvalue weighted by Gasteiger charge is -2.23.